The van der Waals surface area contributed by atoms with E-state index in [2.05, 4.69) is 46.7 Å². The van der Waals surface area contributed by atoms with E-state index in [0.29, 0.717) is 10.1 Å². The maximum atomic E-state index is 3.37. The van der Waals surface area contributed by atoms with Crippen molar-refractivity contribution in [2.45, 2.75) is 23.9 Å². The molecule has 1 fully saturated rings. The summed E-state index contributed by atoms with van der Waals surface area (Å²) in [6, 6.07) is 0.698. The Hall–Kier alpha value is 0.650. The first-order chi connectivity index (χ1) is 4.72. The number of piperazine rings is 1. The zero-order valence-electron chi connectivity index (χ0n) is 6.60. The second kappa shape index (κ2) is 3.88. The predicted molar refractivity (Wildman–Crippen MR) is 52.5 cm³/mol. The third kappa shape index (κ3) is 2.07. The molecule has 1 N–H and O–H groups in total. The van der Waals surface area contributed by atoms with E-state index >= 15 is 0 Å². The predicted octanol–water partition coefficient (Wildman–Crippen LogP) is 1.06. The first kappa shape index (κ1) is 8.74. The second-order valence-corrected chi connectivity index (χ2v) is 4.41. The summed E-state index contributed by atoms with van der Waals surface area (Å²) in [6.45, 7) is 8.01. The smallest absolute Gasteiger partial charge is 0.0747 e. The molecule has 0 bridgehead atoms. The molecule has 3 heteroatoms. The van der Waals surface area contributed by atoms with Crippen LogP contribution < -0.4 is 5.32 Å². The Morgan fingerprint density at radius 2 is 2.30 bits per heavy atom. The number of nitrogens with one attached hydrogen (secondary N) is 1. The highest BCUT2D eigenvalue weighted by atomic mass is 127. The molecule has 1 aliphatic heterocycles. The van der Waals surface area contributed by atoms with Gasteiger partial charge in [-0.2, -0.15) is 0 Å². The van der Waals surface area contributed by atoms with E-state index in [1.54, 1.807) is 0 Å². The summed E-state index contributed by atoms with van der Waals surface area (Å²) in [6.07, 6.45) is 0. The third-order valence-corrected chi connectivity index (χ3v) is 3.04. The lowest BCUT2D eigenvalue weighted by Gasteiger charge is -2.35. The highest BCUT2D eigenvalue weighted by Crippen LogP contribution is 2.13. The van der Waals surface area contributed by atoms with Crippen LogP contribution in [0.15, 0.2) is 0 Å². The van der Waals surface area contributed by atoms with Crippen LogP contribution in [-0.4, -0.2) is 34.6 Å². The molecule has 0 aliphatic carbocycles. The number of halogens is 1. The van der Waals surface area contributed by atoms with Crippen molar-refractivity contribution in [2.75, 3.05) is 19.6 Å². The zero-order valence-corrected chi connectivity index (χ0v) is 8.76. The van der Waals surface area contributed by atoms with Crippen LogP contribution in [0.1, 0.15) is 13.8 Å². The molecule has 1 atom stereocenters. The molecule has 0 aromatic rings. The van der Waals surface area contributed by atoms with Crippen LogP contribution in [0.4, 0.5) is 0 Å². The average Bonchev–Trinajstić information content (AvgIpc) is 1.88. The molecule has 1 unspecified atom stereocenters. The molecule has 0 aromatic carbocycles. The topological polar surface area (TPSA) is 15.3 Å². The number of hydrogen-bond acceptors (Lipinski definition) is 2. The van der Waals surface area contributed by atoms with Gasteiger partial charge in [-0.05, 0) is 13.8 Å². The molecule has 0 radical (unpaired) electrons. The van der Waals surface area contributed by atoms with Gasteiger partial charge < -0.3 is 5.32 Å². The molecule has 0 saturated carbocycles. The van der Waals surface area contributed by atoms with Gasteiger partial charge in [0, 0.05) is 25.7 Å². The van der Waals surface area contributed by atoms with E-state index in [4.69, 9.17) is 0 Å². The minimum absolute atomic E-state index is 0.686. The van der Waals surface area contributed by atoms with Gasteiger partial charge in [0.05, 0.1) is 4.05 Å². The molecule has 2 nitrogen and oxygen atoms in total. The fraction of sp³-hybridized carbons (Fsp3) is 1.00. The lowest BCUT2D eigenvalue weighted by Crippen LogP contribution is -2.50. The molecular weight excluding hydrogens is 239 g/mol. The summed E-state index contributed by atoms with van der Waals surface area (Å²) in [4.78, 5) is 2.52. The van der Waals surface area contributed by atoms with Gasteiger partial charge in [0.1, 0.15) is 0 Å². The largest absolute Gasteiger partial charge is 0.313 e. The molecular formula is C7H15IN2. The van der Waals surface area contributed by atoms with Crippen molar-refractivity contribution < 1.29 is 0 Å². The molecule has 1 saturated heterocycles. The van der Waals surface area contributed by atoms with Crippen molar-refractivity contribution in [3.8, 4) is 0 Å². The first-order valence-corrected chi connectivity index (χ1v) is 5.07. The van der Waals surface area contributed by atoms with Gasteiger partial charge >= 0.3 is 0 Å². The third-order valence-electron chi connectivity index (χ3n) is 1.88. The number of nitrogens with zero attached hydrogens (tertiary/aromatic N) is 1. The monoisotopic (exact) mass is 254 g/mol. The van der Waals surface area contributed by atoms with Crippen LogP contribution >= 0.6 is 22.6 Å². The summed E-state index contributed by atoms with van der Waals surface area (Å²) in [7, 11) is 0. The van der Waals surface area contributed by atoms with Crippen LogP contribution in [0.2, 0.25) is 0 Å². The van der Waals surface area contributed by atoms with E-state index < -0.39 is 0 Å². The van der Waals surface area contributed by atoms with Gasteiger partial charge in [-0.15, -0.1) is 0 Å². The van der Waals surface area contributed by atoms with Crippen molar-refractivity contribution in [1.29, 1.82) is 0 Å². The Bertz CT molecular complexity index is 106. The van der Waals surface area contributed by atoms with Gasteiger partial charge in [-0.3, -0.25) is 4.90 Å². The fourth-order valence-electron chi connectivity index (χ4n) is 1.27. The lowest BCUT2D eigenvalue weighted by molar-refractivity contribution is 0.184. The standard InChI is InChI=1S/C7H15IN2/c1-6(2)10-4-3-9-5-7(10)8/h6-7,9H,3-5H2,1-2H3. The summed E-state index contributed by atoms with van der Waals surface area (Å²) >= 11 is 2.50. The van der Waals surface area contributed by atoms with E-state index in [9.17, 15) is 0 Å². The summed E-state index contributed by atoms with van der Waals surface area (Å²) in [5.41, 5.74) is 0. The number of hydrogen-bond donors (Lipinski definition) is 1. The maximum absolute atomic E-state index is 3.37. The van der Waals surface area contributed by atoms with Gasteiger partial charge in [0.2, 0.25) is 0 Å². The van der Waals surface area contributed by atoms with Crippen LogP contribution in [0, 0.1) is 0 Å². The van der Waals surface area contributed by atoms with Crippen molar-refractivity contribution in [3.63, 3.8) is 0 Å². The Balaban J connectivity index is 2.40. The fourth-order valence-corrected chi connectivity index (χ4v) is 2.50. The zero-order chi connectivity index (χ0) is 7.56. The van der Waals surface area contributed by atoms with Crippen molar-refractivity contribution >= 4 is 22.6 Å². The Labute approximate surface area is 76.5 Å². The van der Waals surface area contributed by atoms with Crippen LogP contribution in [0.25, 0.3) is 0 Å². The number of rotatable bonds is 1. The molecule has 0 aromatic heterocycles. The molecule has 60 valence electrons. The van der Waals surface area contributed by atoms with Crippen LogP contribution in [-0.2, 0) is 0 Å². The Morgan fingerprint density at radius 1 is 1.60 bits per heavy atom. The normalized spacial score (nSPS) is 29.4. The molecule has 0 amide bonds. The van der Waals surface area contributed by atoms with E-state index in [1.807, 2.05) is 0 Å². The van der Waals surface area contributed by atoms with Crippen molar-refractivity contribution in [2.24, 2.45) is 0 Å². The summed E-state index contributed by atoms with van der Waals surface area (Å²) < 4.78 is 0.686. The summed E-state index contributed by atoms with van der Waals surface area (Å²) in [5.74, 6) is 0. The highest BCUT2D eigenvalue weighted by molar-refractivity contribution is 14.1. The molecule has 0 spiro atoms. The van der Waals surface area contributed by atoms with Crippen LogP contribution in [0.3, 0.4) is 0 Å². The van der Waals surface area contributed by atoms with Gasteiger partial charge in [0.25, 0.3) is 0 Å². The quantitative estimate of drug-likeness (QED) is 0.427. The highest BCUT2D eigenvalue weighted by Gasteiger charge is 2.20. The van der Waals surface area contributed by atoms with E-state index in [0.717, 1.165) is 13.1 Å². The second-order valence-electron chi connectivity index (χ2n) is 2.97. The van der Waals surface area contributed by atoms with Gasteiger partial charge in [-0.25, -0.2) is 0 Å². The molecule has 1 aliphatic rings. The van der Waals surface area contributed by atoms with E-state index in [-0.39, 0.29) is 0 Å². The Kier molecular flexibility index (Phi) is 3.39. The maximum Gasteiger partial charge on any atom is 0.0747 e. The number of alkyl halides is 1. The van der Waals surface area contributed by atoms with Crippen LogP contribution in [0.5, 0.6) is 0 Å². The van der Waals surface area contributed by atoms with E-state index in [1.165, 1.54) is 6.54 Å². The lowest BCUT2D eigenvalue weighted by atomic mass is 10.3. The molecule has 10 heavy (non-hydrogen) atoms. The first-order valence-electron chi connectivity index (χ1n) is 3.82. The summed E-state index contributed by atoms with van der Waals surface area (Å²) in [5, 5.41) is 3.37. The SMILES string of the molecule is CC(C)N1CCNCC1I. The molecule has 1 heterocycles. The minimum Gasteiger partial charge on any atom is -0.313 e. The van der Waals surface area contributed by atoms with Gasteiger partial charge in [0.15, 0.2) is 0 Å². The van der Waals surface area contributed by atoms with Gasteiger partial charge in [-0.1, -0.05) is 22.6 Å². The van der Waals surface area contributed by atoms with Crippen molar-refractivity contribution in [1.82, 2.24) is 10.2 Å². The van der Waals surface area contributed by atoms with Crippen molar-refractivity contribution in [3.05, 3.63) is 0 Å². The molecule has 1 rings (SSSR count). The Morgan fingerprint density at radius 3 is 2.70 bits per heavy atom. The average molecular weight is 254 g/mol. The minimum atomic E-state index is 0.686.